The molecule has 0 fully saturated rings. The van der Waals surface area contributed by atoms with Gasteiger partial charge < -0.3 is 15.1 Å². The summed E-state index contributed by atoms with van der Waals surface area (Å²) in [5.41, 5.74) is 0.0667. The van der Waals surface area contributed by atoms with E-state index in [0.717, 1.165) is 15.8 Å². The summed E-state index contributed by atoms with van der Waals surface area (Å²) in [6.07, 6.45) is -2.02. The number of alkyl halides is 3. The normalized spacial score (nSPS) is 19.4. The first-order valence-corrected chi connectivity index (χ1v) is 9.06. The Morgan fingerprint density at radius 1 is 1.41 bits per heavy atom. The van der Waals surface area contributed by atoms with Gasteiger partial charge in [0.2, 0.25) is 0 Å². The number of aromatic nitrogens is 2. The molecular weight excluding hydrogens is 381 g/mol. The van der Waals surface area contributed by atoms with Gasteiger partial charge in [0.1, 0.15) is 17.1 Å². The number of carbonyl (C=O) groups is 1. The average Bonchev–Trinajstić information content (AvgIpc) is 3.39. The lowest BCUT2D eigenvalue weighted by atomic mass is 10.0. The molecule has 27 heavy (non-hydrogen) atoms. The summed E-state index contributed by atoms with van der Waals surface area (Å²) < 4.78 is 46.7. The monoisotopic (exact) mass is 396 g/mol. The van der Waals surface area contributed by atoms with E-state index < -0.39 is 24.2 Å². The summed E-state index contributed by atoms with van der Waals surface area (Å²) in [6.45, 7) is 0.132. The van der Waals surface area contributed by atoms with Crippen molar-refractivity contribution in [3.05, 3.63) is 58.3 Å². The fraction of sp³-hybridized carbons (Fsp3) is 0.294. The molecule has 4 rings (SSSR count). The van der Waals surface area contributed by atoms with Crippen molar-refractivity contribution in [1.29, 1.82) is 0 Å². The van der Waals surface area contributed by atoms with Crippen LogP contribution in [-0.2, 0) is 6.54 Å². The number of fused-ring (bicyclic) bond motifs is 1. The van der Waals surface area contributed by atoms with E-state index in [2.05, 4.69) is 15.7 Å². The minimum absolute atomic E-state index is 0.0667. The molecule has 0 radical (unpaired) electrons. The molecule has 0 bridgehead atoms. The summed E-state index contributed by atoms with van der Waals surface area (Å²) in [4.78, 5) is 13.3. The lowest BCUT2D eigenvalue weighted by Gasteiger charge is -2.33. The largest absolute Gasteiger partial charge is 0.467 e. The van der Waals surface area contributed by atoms with Crippen molar-refractivity contribution in [3.8, 4) is 0 Å². The van der Waals surface area contributed by atoms with Crippen LogP contribution in [0.25, 0.3) is 0 Å². The van der Waals surface area contributed by atoms with E-state index in [4.69, 9.17) is 4.42 Å². The van der Waals surface area contributed by atoms with Crippen LogP contribution in [0.15, 0.2) is 46.5 Å². The van der Waals surface area contributed by atoms with Crippen molar-refractivity contribution in [1.82, 2.24) is 15.1 Å². The van der Waals surface area contributed by atoms with Crippen molar-refractivity contribution >= 4 is 23.1 Å². The van der Waals surface area contributed by atoms with Gasteiger partial charge in [-0.2, -0.15) is 18.3 Å². The van der Waals surface area contributed by atoms with E-state index in [9.17, 15) is 18.0 Å². The number of nitrogens with zero attached hydrogens (tertiary/aromatic N) is 2. The number of thiophene rings is 1. The van der Waals surface area contributed by atoms with E-state index in [1.807, 2.05) is 5.38 Å². The molecule has 2 N–H and O–H groups in total. The van der Waals surface area contributed by atoms with Crippen LogP contribution in [0, 0.1) is 0 Å². The van der Waals surface area contributed by atoms with Crippen LogP contribution in [0.1, 0.15) is 39.5 Å². The number of hydrogen-bond donors (Lipinski definition) is 2. The molecular formula is C17H15F3N4O2S. The molecule has 0 saturated carbocycles. The van der Waals surface area contributed by atoms with Gasteiger partial charge in [-0.15, -0.1) is 11.3 Å². The smallest absolute Gasteiger partial charge is 0.410 e. The van der Waals surface area contributed by atoms with Crippen LogP contribution in [0.2, 0.25) is 0 Å². The molecule has 0 spiro atoms. The van der Waals surface area contributed by atoms with E-state index in [0.29, 0.717) is 5.76 Å². The topological polar surface area (TPSA) is 72.1 Å². The van der Waals surface area contributed by atoms with E-state index >= 15 is 0 Å². The highest BCUT2D eigenvalue weighted by atomic mass is 32.1. The average molecular weight is 396 g/mol. The second-order valence-electron chi connectivity index (χ2n) is 6.12. The molecule has 2 atom stereocenters. The molecule has 0 aromatic carbocycles. The number of halogens is 3. The molecule has 0 aliphatic carbocycles. The maximum atomic E-state index is 13.6. The number of anilines is 1. The number of rotatable bonds is 4. The van der Waals surface area contributed by atoms with Gasteiger partial charge in [-0.05, 0) is 23.6 Å². The zero-order chi connectivity index (χ0) is 19.0. The summed E-state index contributed by atoms with van der Waals surface area (Å²) in [6, 6.07) is 4.60. The first-order chi connectivity index (χ1) is 12.9. The van der Waals surface area contributed by atoms with Gasteiger partial charge in [0.15, 0.2) is 6.04 Å². The molecule has 10 heteroatoms. The van der Waals surface area contributed by atoms with Gasteiger partial charge in [0, 0.05) is 11.3 Å². The fourth-order valence-corrected chi connectivity index (χ4v) is 3.87. The molecule has 3 aromatic rings. The van der Waals surface area contributed by atoms with Crippen LogP contribution in [-0.4, -0.2) is 21.9 Å². The van der Waals surface area contributed by atoms with Crippen molar-refractivity contribution in [2.45, 2.75) is 31.2 Å². The Balaban J connectivity index is 1.63. The third kappa shape index (κ3) is 3.44. The first-order valence-electron chi connectivity index (χ1n) is 8.18. The lowest BCUT2D eigenvalue weighted by Crippen LogP contribution is -2.36. The van der Waals surface area contributed by atoms with E-state index in [-0.39, 0.29) is 24.3 Å². The number of furan rings is 1. The summed E-state index contributed by atoms with van der Waals surface area (Å²) >= 11 is 1.37. The quantitative estimate of drug-likeness (QED) is 0.696. The molecule has 0 saturated heterocycles. The molecule has 1 aliphatic heterocycles. The van der Waals surface area contributed by atoms with Gasteiger partial charge in [-0.1, -0.05) is 6.07 Å². The summed E-state index contributed by atoms with van der Waals surface area (Å²) in [5.74, 6) is 0.0915. The Morgan fingerprint density at radius 3 is 2.93 bits per heavy atom. The van der Waals surface area contributed by atoms with Crippen molar-refractivity contribution in [2.24, 2.45) is 0 Å². The van der Waals surface area contributed by atoms with Gasteiger partial charge in [0.25, 0.3) is 5.91 Å². The Morgan fingerprint density at radius 2 is 2.26 bits per heavy atom. The van der Waals surface area contributed by atoms with Crippen LogP contribution in [0.4, 0.5) is 19.0 Å². The zero-order valence-electron chi connectivity index (χ0n) is 13.9. The Hall–Kier alpha value is -2.75. The Bertz CT molecular complexity index is 919. The van der Waals surface area contributed by atoms with Crippen LogP contribution in [0.5, 0.6) is 0 Å². The maximum Gasteiger partial charge on any atom is 0.410 e. The number of carbonyl (C=O) groups excluding carboxylic acids is 1. The zero-order valence-corrected chi connectivity index (χ0v) is 14.7. The minimum Gasteiger partial charge on any atom is -0.467 e. The van der Waals surface area contributed by atoms with Gasteiger partial charge in [-0.25, -0.2) is 4.68 Å². The first kappa shape index (κ1) is 17.7. The fourth-order valence-electron chi connectivity index (χ4n) is 3.08. The third-order valence-electron chi connectivity index (χ3n) is 4.37. The number of hydrogen-bond acceptors (Lipinski definition) is 5. The molecule has 1 amide bonds. The predicted molar refractivity (Wildman–Crippen MR) is 92.5 cm³/mol. The van der Waals surface area contributed by atoms with Gasteiger partial charge in [-0.3, -0.25) is 4.79 Å². The molecule has 1 aliphatic rings. The van der Waals surface area contributed by atoms with Crippen molar-refractivity contribution in [3.63, 3.8) is 0 Å². The standard InChI is InChI=1S/C17H15F3N4O2S/c18-17(19,20)14-7-12(13-4-2-6-27-13)23-15-11(9-22-24(14)15)16(25)21-8-10-3-1-5-26-10/h1-6,9,12,14,23H,7-8H2,(H,21,25). The van der Waals surface area contributed by atoms with Crippen molar-refractivity contribution in [2.75, 3.05) is 5.32 Å². The second-order valence-corrected chi connectivity index (χ2v) is 7.10. The molecule has 3 aromatic heterocycles. The van der Waals surface area contributed by atoms with Crippen LogP contribution >= 0.6 is 11.3 Å². The number of amides is 1. The highest BCUT2D eigenvalue weighted by Crippen LogP contribution is 2.44. The summed E-state index contributed by atoms with van der Waals surface area (Å²) in [5, 5.41) is 11.3. The Labute approximate surface area is 156 Å². The van der Waals surface area contributed by atoms with Crippen molar-refractivity contribution < 1.29 is 22.4 Å². The second kappa shape index (κ2) is 6.76. The highest BCUT2D eigenvalue weighted by Gasteiger charge is 2.47. The number of nitrogens with one attached hydrogen (secondary N) is 2. The maximum absolute atomic E-state index is 13.6. The van der Waals surface area contributed by atoms with E-state index in [1.165, 1.54) is 17.6 Å². The lowest BCUT2D eigenvalue weighted by molar-refractivity contribution is -0.173. The predicted octanol–water partition coefficient (Wildman–Crippen LogP) is 4.13. The van der Waals surface area contributed by atoms with Gasteiger partial charge >= 0.3 is 6.18 Å². The minimum atomic E-state index is -4.47. The molecule has 2 unspecified atom stereocenters. The SMILES string of the molecule is O=C(NCc1ccco1)c1cnn2c1NC(c1cccs1)CC2C(F)(F)F. The van der Waals surface area contributed by atoms with Gasteiger partial charge in [0.05, 0.1) is 25.0 Å². The molecule has 6 nitrogen and oxygen atoms in total. The Kier molecular flexibility index (Phi) is 4.42. The molecule has 142 valence electrons. The highest BCUT2D eigenvalue weighted by molar-refractivity contribution is 7.10. The van der Waals surface area contributed by atoms with Crippen LogP contribution in [0.3, 0.4) is 0 Å². The molecule has 4 heterocycles. The third-order valence-corrected chi connectivity index (χ3v) is 5.36. The van der Waals surface area contributed by atoms with E-state index in [1.54, 1.807) is 24.3 Å². The summed E-state index contributed by atoms with van der Waals surface area (Å²) in [7, 11) is 0. The van der Waals surface area contributed by atoms with Crippen LogP contribution < -0.4 is 10.6 Å².